The molecule has 0 aliphatic rings. The van der Waals surface area contributed by atoms with Gasteiger partial charge in [-0.15, -0.1) is 0 Å². The largest absolute Gasteiger partial charge is 0.313 e. The summed E-state index contributed by atoms with van der Waals surface area (Å²) in [7, 11) is 0. The Morgan fingerprint density at radius 3 is 2.53 bits per heavy atom. The summed E-state index contributed by atoms with van der Waals surface area (Å²) in [5, 5.41) is 4.18. The fourth-order valence-corrected chi connectivity index (χ4v) is 3.21. The van der Waals surface area contributed by atoms with E-state index in [-0.39, 0.29) is 0 Å². The van der Waals surface area contributed by atoms with Gasteiger partial charge in [0.05, 0.1) is 0 Å². The third-order valence-corrected chi connectivity index (χ3v) is 4.58. The third kappa shape index (κ3) is 3.75. The van der Waals surface area contributed by atoms with Crippen molar-refractivity contribution in [2.45, 2.75) is 30.2 Å². The summed E-state index contributed by atoms with van der Waals surface area (Å²) in [6, 6.07) is 14.5. The Labute approximate surface area is 124 Å². The van der Waals surface area contributed by atoms with E-state index in [0.717, 1.165) is 18.1 Å². The number of aryl methyl sites for hydroxylation is 1. The second-order valence-corrected chi connectivity index (χ2v) is 5.86. The van der Waals surface area contributed by atoms with E-state index in [4.69, 9.17) is 11.6 Å². The lowest BCUT2D eigenvalue weighted by Gasteiger charge is -2.12. The molecule has 0 spiro atoms. The van der Waals surface area contributed by atoms with Crippen LogP contribution in [-0.4, -0.2) is 6.54 Å². The van der Waals surface area contributed by atoms with Gasteiger partial charge in [0.1, 0.15) is 0 Å². The number of nitrogens with one attached hydrogen (secondary N) is 1. The monoisotopic (exact) mass is 291 g/mol. The molecule has 0 saturated carbocycles. The first-order chi connectivity index (χ1) is 9.22. The summed E-state index contributed by atoms with van der Waals surface area (Å²) >= 11 is 8.10. The highest BCUT2D eigenvalue weighted by Crippen LogP contribution is 2.35. The van der Waals surface area contributed by atoms with Crippen LogP contribution in [0.25, 0.3) is 0 Å². The van der Waals surface area contributed by atoms with Crippen LogP contribution in [0, 0.1) is 6.92 Å². The molecule has 2 aromatic carbocycles. The second kappa shape index (κ2) is 6.99. The lowest BCUT2D eigenvalue weighted by atomic mass is 10.2. The van der Waals surface area contributed by atoms with Crippen LogP contribution in [0.1, 0.15) is 18.1 Å². The summed E-state index contributed by atoms with van der Waals surface area (Å²) in [5.41, 5.74) is 2.47. The maximum absolute atomic E-state index is 6.32. The number of benzene rings is 2. The van der Waals surface area contributed by atoms with Gasteiger partial charge in [-0.05, 0) is 42.8 Å². The molecule has 0 radical (unpaired) electrons. The van der Waals surface area contributed by atoms with Crippen molar-refractivity contribution in [1.29, 1.82) is 0 Å². The van der Waals surface area contributed by atoms with Crippen LogP contribution < -0.4 is 5.32 Å². The van der Waals surface area contributed by atoms with Gasteiger partial charge in [-0.2, -0.15) is 0 Å². The van der Waals surface area contributed by atoms with Gasteiger partial charge >= 0.3 is 0 Å². The summed E-state index contributed by atoms with van der Waals surface area (Å²) in [5.74, 6) is 0. The van der Waals surface area contributed by atoms with Gasteiger partial charge in [-0.25, -0.2) is 0 Å². The van der Waals surface area contributed by atoms with Crippen molar-refractivity contribution in [2.75, 3.05) is 6.54 Å². The zero-order chi connectivity index (χ0) is 13.7. The molecular weight excluding hydrogens is 274 g/mol. The first kappa shape index (κ1) is 14.4. The van der Waals surface area contributed by atoms with Crippen LogP contribution >= 0.6 is 23.4 Å². The molecule has 0 bridgehead atoms. The minimum absolute atomic E-state index is 0.810. The minimum Gasteiger partial charge on any atom is -0.313 e. The van der Waals surface area contributed by atoms with Gasteiger partial charge in [-0.1, -0.05) is 54.6 Å². The van der Waals surface area contributed by atoms with E-state index in [1.165, 1.54) is 20.9 Å². The molecule has 2 aromatic rings. The molecule has 0 heterocycles. The Hall–Kier alpha value is -0.960. The van der Waals surface area contributed by atoms with Crippen molar-refractivity contribution in [2.24, 2.45) is 0 Å². The van der Waals surface area contributed by atoms with Crippen molar-refractivity contribution < 1.29 is 0 Å². The molecule has 0 fully saturated rings. The fourth-order valence-electron chi connectivity index (χ4n) is 1.85. The quantitative estimate of drug-likeness (QED) is 0.840. The number of rotatable bonds is 5. The lowest BCUT2D eigenvalue weighted by molar-refractivity contribution is 0.718. The Bertz CT molecular complexity index is 554. The highest BCUT2D eigenvalue weighted by Gasteiger charge is 2.09. The van der Waals surface area contributed by atoms with Gasteiger partial charge in [0, 0.05) is 21.4 Å². The summed E-state index contributed by atoms with van der Waals surface area (Å²) < 4.78 is 0. The normalized spacial score (nSPS) is 10.7. The van der Waals surface area contributed by atoms with E-state index in [2.05, 4.69) is 49.5 Å². The molecule has 0 atom stereocenters. The van der Waals surface area contributed by atoms with E-state index in [1.54, 1.807) is 11.8 Å². The van der Waals surface area contributed by atoms with Crippen molar-refractivity contribution >= 4 is 23.4 Å². The third-order valence-electron chi connectivity index (χ3n) is 2.94. The maximum atomic E-state index is 6.32. The molecule has 100 valence electrons. The van der Waals surface area contributed by atoms with Crippen LogP contribution in [0.4, 0.5) is 0 Å². The van der Waals surface area contributed by atoms with Crippen LogP contribution in [-0.2, 0) is 6.54 Å². The molecule has 19 heavy (non-hydrogen) atoms. The van der Waals surface area contributed by atoms with Crippen LogP contribution in [0.15, 0.2) is 52.3 Å². The zero-order valence-corrected chi connectivity index (χ0v) is 12.8. The summed E-state index contributed by atoms with van der Waals surface area (Å²) in [4.78, 5) is 2.50. The highest BCUT2D eigenvalue weighted by molar-refractivity contribution is 7.99. The van der Waals surface area contributed by atoms with E-state index in [1.807, 2.05) is 12.1 Å². The highest BCUT2D eigenvalue weighted by atomic mass is 35.5. The Morgan fingerprint density at radius 2 is 1.79 bits per heavy atom. The van der Waals surface area contributed by atoms with Crippen molar-refractivity contribution in [3.63, 3.8) is 0 Å². The maximum Gasteiger partial charge on any atom is 0.0462 e. The van der Waals surface area contributed by atoms with Gasteiger partial charge in [0.2, 0.25) is 0 Å². The number of hydrogen-bond donors (Lipinski definition) is 1. The fraction of sp³-hybridized carbons (Fsp3) is 0.250. The van der Waals surface area contributed by atoms with Crippen molar-refractivity contribution in [3.05, 3.63) is 58.6 Å². The zero-order valence-electron chi connectivity index (χ0n) is 11.2. The predicted octanol–water partition coefficient (Wildman–Crippen LogP) is 4.91. The molecule has 2 rings (SSSR count). The van der Waals surface area contributed by atoms with E-state index in [0.29, 0.717) is 0 Å². The van der Waals surface area contributed by atoms with Gasteiger partial charge in [-0.3, -0.25) is 0 Å². The van der Waals surface area contributed by atoms with E-state index < -0.39 is 0 Å². The Balaban J connectivity index is 2.29. The molecule has 0 amide bonds. The smallest absolute Gasteiger partial charge is 0.0462 e. The van der Waals surface area contributed by atoms with Gasteiger partial charge in [0.25, 0.3) is 0 Å². The van der Waals surface area contributed by atoms with E-state index in [9.17, 15) is 0 Å². The SMILES string of the molecule is CCNCc1c(Cl)cccc1Sc1ccccc1C. The first-order valence-electron chi connectivity index (χ1n) is 6.44. The lowest BCUT2D eigenvalue weighted by Crippen LogP contribution is -2.12. The summed E-state index contributed by atoms with van der Waals surface area (Å²) in [6.07, 6.45) is 0. The van der Waals surface area contributed by atoms with Crippen molar-refractivity contribution in [3.8, 4) is 0 Å². The molecular formula is C16H18ClNS. The predicted molar refractivity (Wildman–Crippen MR) is 84.1 cm³/mol. The van der Waals surface area contributed by atoms with Crippen LogP contribution in [0.5, 0.6) is 0 Å². The molecule has 0 aliphatic heterocycles. The van der Waals surface area contributed by atoms with Gasteiger partial charge < -0.3 is 5.32 Å². The molecule has 0 aliphatic carbocycles. The van der Waals surface area contributed by atoms with Crippen LogP contribution in [0.2, 0.25) is 5.02 Å². The van der Waals surface area contributed by atoms with Gasteiger partial charge in [0.15, 0.2) is 0 Å². The molecule has 1 nitrogen and oxygen atoms in total. The molecule has 3 heteroatoms. The molecule has 0 saturated heterocycles. The van der Waals surface area contributed by atoms with Crippen molar-refractivity contribution in [1.82, 2.24) is 5.32 Å². The number of hydrogen-bond acceptors (Lipinski definition) is 2. The Kier molecular flexibility index (Phi) is 5.32. The minimum atomic E-state index is 0.810. The first-order valence-corrected chi connectivity index (χ1v) is 7.63. The molecule has 1 N–H and O–H groups in total. The average molecular weight is 292 g/mol. The average Bonchev–Trinajstić information content (AvgIpc) is 2.41. The summed E-state index contributed by atoms with van der Waals surface area (Å²) in [6.45, 7) is 5.99. The number of halogens is 1. The molecule has 0 aromatic heterocycles. The topological polar surface area (TPSA) is 12.0 Å². The van der Waals surface area contributed by atoms with Crippen LogP contribution in [0.3, 0.4) is 0 Å². The second-order valence-electron chi connectivity index (χ2n) is 4.36. The standard InChI is InChI=1S/C16H18ClNS/c1-3-18-11-13-14(17)8-6-10-16(13)19-15-9-5-4-7-12(15)2/h4-10,18H,3,11H2,1-2H3. The Morgan fingerprint density at radius 1 is 1.05 bits per heavy atom. The molecule has 0 unspecified atom stereocenters. The van der Waals surface area contributed by atoms with E-state index >= 15 is 0 Å².